The zero-order valence-electron chi connectivity index (χ0n) is 22.0. The van der Waals surface area contributed by atoms with Gasteiger partial charge in [-0.3, -0.25) is 4.79 Å². The number of likely N-dealkylation sites (tertiary alicyclic amines) is 1. The Morgan fingerprint density at radius 2 is 1.92 bits per heavy atom. The van der Waals surface area contributed by atoms with Crippen molar-refractivity contribution in [3.8, 4) is 0 Å². The molecule has 0 unspecified atom stereocenters. The minimum absolute atomic E-state index is 0.292. The molecule has 0 saturated carbocycles. The molecule has 1 aromatic heterocycles. The van der Waals surface area contributed by atoms with Gasteiger partial charge in [-0.1, -0.05) is 74.9 Å². The molecule has 4 heteroatoms. The first-order chi connectivity index (χ1) is 17.5. The molecule has 1 fully saturated rings. The second-order valence-corrected chi connectivity index (χ2v) is 10.8. The van der Waals surface area contributed by atoms with Crippen LogP contribution in [0, 0.1) is 12.8 Å². The smallest absolute Gasteiger partial charge is 0.222 e. The van der Waals surface area contributed by atoms with Crippen LogP contribution < -0.4 is 0 Å². The Labute approximate surface area is 215 Å². The summed E-state index contributed by atoms with van der Waals surface area (Å²) < 4.78 is 2.45. The predicted octanol–water partition coefficient (Wildman–Crippen LogP) is 7.27. The van der Waals surface area contributed by atoms with Crippen LogP contribution in [0.1, 0.15) is 68.8 Å². The molecule has 2 atom stereocenters. The zero-order valence-corrected chi connectivity index (χ0v) is 22.0. The number of fused-ring (bicyclic) bond motifs is 2. The average Bonchev–Trinajstić information content (AvgIpc) is 3.27. The Balaban J connectivity index is 1.28. The average molecular weight is 482 g/mol. The normalized spacial score (nSPS) is 17.1. The van der Waals surface area contributed by atoms with Crippen LogP contribution in [0.25, 0.3) is 21.8 Å². The topological polar surface area (TPSA) is 38.1 Å². The van der Waals surface area contributed by atoms with Crippen molar-refractivity contribution in [2.75, 3.05) is 13.1 Å². The highest BCUT2D eigenvalue weighted by Gasteiger charge is 2.29. The van der Waals surface area contributed by atoms with Gasteiger partial charge in [-0.2, -0.15) is 0 Å². The molecule has 4 aromatic rings. The SMILES string of the molecule is CCCCn1c([C@@H]2CCCN(C(=O)C[C@H](C)Cc3ccc4ccccc4c3)C2)nc2cccc(C)c21. The highest BCUT2D eigenvalue weighted by atomic mass is 16.2. The van der Waals surface area contributed by atoms with Crippen LogP contribution in [0.5, 0.6) is 0 Å². The van der Waals surface area contributed by atoms with E-state index in [1.807, 2.05) is 0 Å². The summed E-state index contributed by atoms with van der Waals surface area (Å²) in [7, 11) is 0. The Morgan fingerprint density at radius 1 is 1.08 bits per heavy atom. The Bertz CT molecular complexity index is 1350. The number of amides is 1. The standard InChI is InChI=1S/C32H39N3O/c1-4-5-18-35-31-24(3)10-8-14-29(31)33-32(35)28-13-9-17-34(22-28)30(36)20-23(2)19-25-15-16-26-11-6-7-12-27(26)21-25/h6-8,10-12,14-16,21,23,28H,4-5,9,13,17-20,22H2,1-3H3/t23-,28-/m1/s1. The number of unbranched alkanes of at least 4 members (excludes halogenated alkanes) is 1. The molecule has 0 N–H and O–H groups in total. The van der Waals surface area contributed by atoms with Gasteiger partial charge in [0.25, 0.3) is 0 Å². The lowest BCUT2D eigenvalue weighted by Gasteiger charge is -2.33. The van der Waals surface area contributed by atoms with Crippen LogP contribution in [0.2, 0.25) is 0 Å². The molecule has 0 bridgehead atoms. The fourth-order valence-corrected chi connectivity index (χ4v) is 5.92. The van der Waals surface area contributed by atoms with Crippen LogP contribution >= 0.6 is 0 Å². The van der Waals surface area contributed by atoms with Crippen LogP contribution in [0.3, 0.4) is 0 Å². The summed E-state index contributed by atoms with van der Waals surface area (Å²) in [5.41, 5.74) is 4.96. The fraction of sp³-hybridized carbons (Fsp3) is 0.438. The van der Waals surface area contributed by atoms with E-state index in [1.54, 1.807) is 0 Å². The third-order valence-corrected chi connectivity index (χ3v) is 7.79. The van der Waals surface area contributed by atoms with Crippen LogP contribution in [-0.2, 0) is 17.8 Å². The lowest BCUT2D eigenvalue weighted by atomic mass is 9.93. The summed E-state index contributed by atoms with van der Waals surface area (Å²) in [5, 5.41) is 2.54. The molecule has 1 amide bonds. The van der Waals surface area contributed by atoms with Gasteiger partial charge in [0.15, 0.2) is 0 Å². The summed E-state index contributed by atoms with van der Waals surface area (Å²) in [4.78, 5) is 20.6. The fourth-order valence-electron chi connectivity index (χ4n) is 5.92. The number of para-hydroxylation sites is 1. The van der Waals surface area contributed by atoms with E-state index in [4.69, 9.17) is 4.98 Å². The van der Waals surface area contributed by atoms with E-state index in [0.29, 0.717) is 24.2 Å². The Morgan fingerprint density at radius 3 is 2.75 bits per heavy atom. The van der Waals surface area contributed by atoms with E-state index in [9.17, 15) is 4.79 Å². The van der Waals surface area contributed by atoms with Crippen LogP contribution in [-0.4, -0.2) is 33.4 Å². The summed E-state index contributed by atoms with van der Waals surface area (Å²) >= 11 is 0. The van der Waals surface area contributed by atoms with Gasteiger partial charge in [0.1, 0.15) is 5.82 Å². The summed E-state index contributed by atoms with van der Waals surface area (Å²) in [6.45, 7) is 9.29. The zero-order chi connectivity index (χ0) is 25.1. The van der Waals surface area contributed by atoms with Gasteiger partial charge in [-0.15, -0.1) is 0 Å². The maximum absolute atomic E-state index is 13.4. The number of aromatic nitrogens is 2. The first kappa shape index (κ1) is 24.5. The molecule has 1 saturated heterocycles. The number of benzene rings is 3. The Hall–Kier alpha value is -3.14. The highest BCUT2D eigenvalue weighted by Crippen LogP contribution is 2.31. The second kappa shape index (κ2) is 10.9. The Kier molecular flexibility index (Phi) is 7.41. The van der Waals surface area contributed by atoms with Gasteiger partial charge in [0, 0.05) is 32.0 Å². The molecule has 36 heavy (non-hydrogen) atoms. The van der Waals surface area contributed by atoms with Crippen molar-refractivity contribution in [2.24, 2.45) is 5.92 Å². The van der Waals surface area contributed by atoms with Gasteiger partial charge in [0.2, 0.25) is 5.91 Å². The molecule has 2 heterocycles. The number of aryl methyl sites for hydroxylation is 2. The van der Waals surface area contributed by atoms with Gasteiger partial charge >= 0.3 is 0 Å². The highest BCUT2D eigenvalue weighted by molar-refractivity contribution is 5.83. The molecule has 4 nitrogen and oxygen atoms in total. The van der Waals surface area contributed by atoms with E-state index in [1.165, 1.54) is 33.2 Å². The van der Waals surface area contributed by atoms with Gasteiger partial charge < -0.3 is 9.47 Å². The number of nitrogens with zero attached hydrogens (tertiary/aromatic N) is 3. The van der Waals surface area contributed by atoms with E-state index >= 15 is 0 Å². The largest absolute Gasteiger partial charge is 0.342 e. The molecule has 3 aromatic carbocycles. The van der Waals surface area contributed by atoms with Crippen molar-refractivity contribution in [1.29, 1.82) is 0 Å². The number of carbonyl (C=O) groups excluding carboxylic acids is 1. The lowest BCUT2D eigenvalue weighted by molar-refractivity contribution is -0.133. The number of rotatable bonds is 8. The second-order valence-electron chi connectivity index (χ2n) is 10.8. The van der Waals surface area contributed by atoms with Crippen molar-refractivity contribution < 1.29 is 4.79 Å². The number of hydrogen-bond donors (Lipinski definition) is 0. The van der Waals surface area contributed by atoms with Crippen LogP contribution in [0.15, 0.2) is 60.7 Å². The van der Waals surface area contributed by atoms with E-state index in [2.05, 4.69) is 90.9 Å². The first-order valence-corrected chi connectivity index (χ1v) is 13.7. The third-order valence-electron chi connectivity index (χ3n) is 7.79. The van der Waals surface area contributed by atoms with Crippen molar-refractivity contribution in [2.45, 2.75) is 71.8 Å². The molecule has 0 aliphatic carbocycles. The summed E-state index contributed by atoms with van der Waals surface area (Å²) in [6.07, 6.45) is 5.99. The van der Waals surface area contributed by atoms with Gasteiger partial charge in [-0.25, -0.2) is 4.98 Å². The molecule has 1 aliphatic heterocycles. The monoisotopic (exact) mass is 481 g/mol. The number of carbonyl (C=O) groups is 1. The molecule has 5 rings (SSSR count). The maximum Gasteiger partial charge on any atom is 0.222 e. The van der Waals surface area contributed by atoms with Crippen molar-refractivity contribution >= 4 is 27.7 Å². The maximum atomic E-state index is 13.4. The third kappa shape index (κ3) is 5.18. The van der Waals surface area contributed by atoms with E-state index < -0.39 is 0 Å². The van der Waals surface area contributed by atoms with Gasteiger partial charge in [0.05, 0.1) is 11.0 Å². The quantitative estimate of drug-likeness (QED) is 0.265. The van der Waals surface area contributed by atoms with Crippen molar-refractivity contribution in [1.82, 2.24) is 14.5 Å². The van der Waals surface area contributed by atoms with Crippen molar-refractivity contribution in [3.05, 3.63) is 77.6 Å². The van der Waals surface area contributed by atoms with E-state index in [-0.39, 0.29) is 0 Å². The molecule has 188 valence electrons. The molecule has 1 aliphatic rings. The lowest BCUT2D eigenvalue weighted by Crippen LogP contribution is -2.40. The van der Waals surface area contributed by atoms with Gasteiger partial charge in [-0.05, 0) is 66.5 Å². The number of piperidine rings is 1. The predicted molar refractivity (Wildman–Crippen MR) is 149 cm³/mol. The minimum atomic E-state index is 0.292. The minimum Gasteiger partial charge on any atom is -0.342 e. The van der Waals surface area contributed by atoms with E-state index in [0.717, 1.165) is 57.3 Å². The molecular weight excluding hydrogens is 442 g/mol. The van der Waals surface area contributed by atoms with Crippen LogP contribution in [0.4, 0.5) is 0 Å². The van der Waals surface area contributed by atoms with Crippen molar-refractivity contribution in [3.63, 3.8) is 0 Å². The number of hydrogen-bond acceptors (Lipinski definition) is 2. The first-order valence-electron chi connectivity index (χ1n) is 13.7. The molecule has 0 radical (unpaired) electrons. The molecule has 0 spiro atoms. The number of imidazole rings is 1. The molecular formula is C32H39N3O. The summed E-state index contributed by atoms with van der Waals surface area (Å²) in [6, 6.07) is 21.6. The summed E-state index contributed by atoms with van der Waals surface area (Å²) in [5.74, 6) is 2.09.